The van der Waals surface area contributed by atoms with Gasteiger partial charge in [-0.25, -0.2) is 0 Å². The Labute approximate surface area is 209 Å². The molecule has 3 N–H and O–H groups in total. The van der Waals surface area contributed by atoms with Crippen LogP contribution in [-0.2, 0) is 4.79 Å². The van der Waals surface area contributed by atoms with E-state index >= 15 is 0 Å². The van der Waals surface area contributed by atoms with Gasteiger partial charge in [0.25, 0.3) is 5.91 Å². The van der Waals surface area contributed by atoms with E-state index in [1.165, 1.54) is 11.1 Å². The van der Waals surface area contributed by atoms with Gasteiger partial charge < -0.3 is 20.5 Å². The third-order valence-electron chi connectivity index (χ3n) is 7.34. The summed E-state index contributed by atoms with van der Waals surface area (Å²) < 4.78 is 5.98. The molecule has 7 heteroatoms. The van der Waals surface area contributed by atoms with Gasteiger partial charge in [0.1, 0.15) is 11.1 Å². The van der Waals surface area contributed by atoms with E-state index in [4.69, 9.17) is 9.83 Å². The molecule has 1 aromatic heterocycles. The number of hydrogen-bond acceptors (Lipinski definition) is 5. The van der Waals surface area contributed by atoms with Crippen molar-refractivity contribution in [2.75, 3.05) is 6.26 Å². The van der Waals surface area contributed by atoms with Crippen molar-refractivity contribution in [2.45, 2.75) is 67.3 Å². The molecule has 2 aliphatic carbocycles. The van der Waals surface area contributed by atoms with Gasteiger partial charge in [0, 0.05) is 16.5 Å². The van der Waals surface area contributed by atoms with Crippen LogP contribution in [-0.4, -0.2) is 35.4 Å². The number of hydrogen-bond donors (Lipinski definition) is 3. The Balaban J connectivity index is 1.39. The maximum Gasteiger partial charge on any atom is 0.287 e. The molecule has 5 rings (SSSR count). The molecule has 1 heterocycles. The Morgan fingerprint density at radius 3 is 2.23 bits per heavy atom. The number of rotatable bonds is 7. The number of furan rings is 1. The molecule has 0 atom stereocenters. The number of benzene rings is 2. The third-order valence-corrected chi connectivity index (χ3v) is 8.08. The highest BCUT2D eigenvalue weighted by atomic mass is 32.2. The first-order valence-corrected chi connectivity index (χ1v) is 13.5. The smallest absolute Gasteiger partial charge is 0.287 e. The molecule has 2 aromatic carbocycles. The molecule has 2 saturated carbocycles. The summed E-state index contributed by atoms with van der Waals surface area (Å²) in [5.41, 5.74) is 1.23. The SMILES string of the molecule is CSc1ccc(-c2ccc3cc(C(=O)NC4(C(=O)NC5(C=N)CC5)CCCCCC4)oc3c2)cc1. The lowest BCUT2D eigenvalue weighted by atomic mass is 9.88. The number of carbonyl (C=O) groups is 2. The highest BCUT2D eigenvalue weighted by molar-refractivity contribution is 7.98. The van der Waals surface area contributed by atoms with Gasteiger partial charge >= 0.3 is 0 Å². The summed E-state index contributed by atoms with van der Waals surface area (Å²) in [6.07, 6.45) is 9.96. The Bertz CT molecular complexity index is 1250. The Morgan fingerprint density at radius 1 is 0.914 bits per heavy atom. The van der Waals surface area contributed by atoms with Gasteiger partial charge in [-0.2, -0.15) is 0 Å². The summed E-state index contributed by atoms with van der Waals surface area (Å²) in [5.74, 6) is -0.343. The van der Waals surface area contributed by atoms with Crippen molar-refractivity contribution in [3.05, 3.63) is 54.3 Å². The van der Waals surface area contributed by atoms with Crippen LogP contribution in [0.15, 0.2) is 57.8 Å². The zero-order chi connectivity index (χ0) is 24.5. The van der Waals surface area contributed by atoms with E-state index in [0.29, 0.717) is 18.4 Å². The van der Waals surface area contributed by atoms with Gasteiger partial charge in [-0.05, 0) is 67.3 Å². The van der Waals surface area contributed by atoms with Gasteiger partial charge in [0.2, 0.25) is 5.91 Å². The van der Waals surface area contributed by atoms with Crippen molar-refractivity contribution < 1.29 is 14.0 Å². The van der Waals surface area contributed by atoms with Crippen LogP contribution in [0, 0.1) is 5.41 Å². The third kappa shape index (κ3) is 4.87. The minimum atomic E-state index is -0.977. The van der Waals surface area contributed by atoms with E-state index < -0.39 is 11.1 Å². The molecule has 2 fully saturated rings. The molecule has 0 saturated heterocycles. The topological polar surface area (TPSA) is 95.2 Å². The molecule has 0 spiro atoms. The highest BCUT2D eigenvalue weighted by Crippen LogP contribution is 2.36. The fraction of sp³-hybridized carbons (Fsp3) is 0.393. The molecule has 6 nitrogen and oxygen atoms in total. The molecule has 0 radical (unpaired) electrons. The van der Waals surface area contributed by atoms with Crippen LogP contribution in [0.25, 0.3) is 22.1 Å². The zero-order valence-corrected chi connectivity index (χ0v) is 20.8. The molecular formula is C28H31N3O3S. The summed E-state index contributed by atoms with van der Waals surface area (Å²) in [6.45, 7) is 0. The number of carbonyl (C=O) groups excluding carboxylic acids is 2. The number of amides is 2. The first kappa shape index (κ1) is 23.7. The van der Waals surface area contributed by atoms with Crippen LogP contribution in [0.1, 0.15) is 61.9 Å². The van der Waals surface area contributed by atoms with Gasteiger partial charge in [0.15, 0.2) is 5.76 Å². The number of fused-ring (bicyclic) bond motifs is 1. The lowest BCUT2D eigenvalue weighted by molar-refractivity contribution is -0.128. The van der Waals surface area contributed by atoms with E-state index in [0.717, 1.165) is 55.0 Å². The van der Waals surface area contributed by atoms with Crippen molar-refractivity contribution in [3.8, 4) is 11.1 Å². The minimum absolute atomic E-state index is 0.180. The summed E-state index contributed by atoms with van der Waals surface area (Å²) in [4.78, 5) is 28.0. The predicted octanol–water partition coefficient (Wildman–Crippen LogP) is 5.94. The largest absolute Gasteiger partial charge is 0.451 e. The molecule has 0 unspecified atom stereocenters. The van der Waals surface area contributed by atoms with E-state index in [9.17, 15) is 9.59 Å². The van der Waals surface area contributed by atoms with Crippen LogP contribution in [0.5, 0.6) is 0 Å². The monoisotopic (exact) mass is 489 g/mol. The maximum atomic E-state index is 13.4. The average Bonchev–Trinajstić information content (AvgIpc) is 3.59. The van der Waals surface area contributed by atoms with Crippen molar-refractivity contribution in [1.82, 2.24) is 10.6 Å². The average molecular weight is 490 g/mol. The zero-order valence-electron chi connectivity index (χ0n) is 20.0. The fourth-order valence-corrected chi connectivity index (χ4v) is 5.32. The second-order valence-electron chi connectivity index (χ2n) is 9.80. The van der Waals surface area contributed by atoms with Crippen LogP contribution in [0.2, 0.25) is 0 Å². The van der Waals surface area contributed by atoms with E-state index in [1.54, 1.807) is 17.8 Å². The van der Waals surface area contributed by atoms with E-state index in [-0.39, 0.29) is 17.6 Å². The highest BCUT2D eigenvalue weighted by Gasteiger charge is 2.48. The molecular weight excluding hydrogens is 458 g/mol. The Kier molecular flexibility index (Phi) is 6.45. The van der Waals surface area contributed by atoms with Crippen LogP contribution < -0.4 is 10.6 Å². The number of nitrogens with one attached hydrogen (secondary N) is 3. The summed E-state index contributed by atoms with van der Waals surface area (Å²) in [5, 5.41) is 14.6. The van der Waals surface area contributed by atoms with Crippen molar-refractivity contribution in [1.29, 1.82) is 5.41 Å². The predicted molar refractivity (Wildman–Crippen MR) is 140 cm³/mol. The van der Waals surface area contributed by atoms with Gasteiger partial charge in [-0.1, -0.05) is 49.9 Å². The fourth-order valence-electron chi connectivity index (χ4n) is 4.91. The molecule has 35 heavy (non-hydrogen) atoms. The Morgan fingerprint density at radius 2 is 1.60 bits per heavy atom. The van der Waals surface area contributed by atoms with E-state index in [2.05, 4.69) is 41.2 Å². The summed E-state index contributed by atoms with van der Waals surface area (Å²) in [6, 6.07) is 16.0. The number of thioether (sulfide) groups is 1. The van der Waals surface area contributed by atoms with Crippen molar-refractivity contribution in [2.24, 2.45) is 0 Å². The van der Waals surface area contributed by atoms with Crippen LogP contribution in [0.4, 0.5) is 0 Å². The molecule has 3 aromatic rings. The van der Waals surface area contributed by atoms with Crippen molar-refractivity contribution in [3.63, 3.8) is 0 Å². The van der Waals surface area contributed by atoms with Crippen LogP contribution in [0.3, 0.4) is 0 Å². The second-order valence-corrected chi connectivity index (χ2v) is 10.7. The van der Waals surface area contributed by atoms with Crippen LogP contribution >= 0.6 is 11.8 Å². The second kappa shape index (κ2) is 9.53. The Hall–Kier alpha value is -3.06. The van der Waals surface area contributed by atoms with Gasteiger partial charge in [-0.3, -0.25) is 9.59 Å². The molecule has 0 bridgehead atoms. The normalized spacial score (nSPS) is 18.4. The maximum absolute atomic E-state index is 13.4. The van der Waals surface area contributed by atoms with Gasteiger partial charge in [0.05, 0.1) is 5.54 Å². The molecule has 182 valence electrons. The molecule has 2 aliphatic rings. The minimum Gasteiger partial charge on any atom is -0.451 e. The van der Waals surface area contributed by atoms with Gasteiger partial charge in [-0.15, -0.1) is 11.8 Å². The molecule has 2 amide bonds. The lowest BCUT2D eigenvalue weighted by Gasteiger charge is -2.33. The lowest BCUT2D eigenvalue weighted by Crippen LogP contribution is -2.60. The standard InChI is InChI=1S/C28H31N3O3S/c1-35-22-10-8-19(9-11-22)20-6-7-21-17-24(34-23(21)16-20)25(32)30-28(12-4-2-3-5-13-28)26(33)31-27(18-29)14-15-27/h6-11,16-18,29H,2-5,12-15H2,1H3,(H,30,32)(H,31,33). The molecule has 0 aliphatic heterocycles. The summed E-state index contributed by atoms with van der Waals surface area (Å²) >= 11 is 1.70. The first-order valence-electron chi connectivity index (χ1n) is 12.3. The summed E-state index contributed by atoms with van der Waals surface area (Å²) in [7, 11) is 0. The van der Waals surface area contributed by atoms with E-state index in [1.807, 2.05) is 18.2 Å². The quantitative estimate of drug-likeness (QED) is 0.217. The first-order chi connectivity index (χ1) is 17.0. The van der Waals surface area contributed by atoms with Crippen molar-refractivity contribution >= 4 is 40.8 Å².